The lowest BCUT2D eigenvalue weighted by Crippen LogP contribution is -2.39. The molecule has 1 unspecified atom stereocenters. The van der Waals surface area contributed by atoms with E-state index >= 15 is 0 Å². The minimum absolute atomic E-state index is 0.345. The van der Waals surface area contributed by atoms with Crippen LogP contribution in [0.4, 0.5) is 0 Å². The van der Waals surface area contributed by atoms with Crippen molar-refractivity contribution in [2.75, 3.05) is 13.2 Å². The normalized spacial score (nSPS) is 14.5. The highest BCUT2D eigenvalue weighted by molar-refractivity contribution is 7.14. The van der Waals surface area contributed by atoms with Crippen LogP contribution in [0.1, 0.15) is 26.1 Å². The molecule has 2 rings (SSSR count). The standard InChI is InChI=1S/C12H16ClN3O2S/c1-3-5-17-7-12(2,14)11-15-10(18-16-11)9-8(13)4-6-19-9/h4,6H,3,5,7,14H2,1-2H3. The number of halogens is 1. The first-order valence-corrected chi connectivity index (χ1v) is 7.24. The molecule has 7 heteroatoms. The highest BCUT2D eigenvalue weighted by Gasteiger charge is 2.28. The first-order valence-electron chi connectivity index (χ1n) is 5.99. The number of thiophene rings is 1. The molecule has 2 heterocycles. The largest absolute Gasteiger partial charge is 0.379 e. The summed E-state index contributed by atoms with van der Waals surface area (Å²) in [6.07, 6.45) is 0.943. The number of hydrogen-bond acceptors (Lipinski definition) is 6. The van der Waals surface area contributed by atoms with Gasteiger partial charge in [0.2, 0.25) is 0 Å². The van der Waals surface area contributed by atoms with E-state index in [9.17, 15) is 0 Å². The van der Waals surface area contributed by atoms with E-state index in [2.05, 4.69) is 10.1 Å². The number of ether oxygens (including phenoxy) is 1. The second-order valence-corrected chi connectivity index (χ2v) is 5.81. The van der Waals surface area contributed by atoms with Gasteiger partial charge in [0.25, 0.3) is 5.89 Å². The molecule has 0 aliphatic carbocycles. The first-order chi connectivity index (χ1) is 9.04. The first kappa shape index (κ1) is 14.5. The molecule has 104 valence electrons. The lowest BCUT2D eigenvalue weighted by Gasteiger charge is -2.19. The average Bonchev–Trinajstić information content (AvgIpc) is 2.97. The van der Waals surface area contributed by atoms with Crippen molar-refractivity contribution >= 4 is 22.9 Å². The van der Waals surface area contributed by atoms with Gasteiger partial charge in [-0.2, -0.15) is 4.98 Å². The Hall–Kier alpha value is -0.950. The summed E-state index contributed by atoms with van der Waals surface area (Å²) in [5, 5.41) is 6.39. The number of aromatic nitrogens is 2. The fourth-order valence-corrected chi connectivity index (χ4v) is 2.54. The second kappa shape index (κ2) is 6.00. The van der Waals surface area contributed by atoms with E-state index in [1.807, 2.05) is 19.2 Å². The maximum atomic E-state index is 6.14. The van der Waals surface area contributed by atoms with E-state index in [-0.39, 0.29) is 0 Å². The van der Waals surface area contributed by atoms with Crippen molar-refractivity contribution in [2.45, 2.75) is 25.8 Å². The van der Waals surface area contributed by atoms with Crippen molar-refractivity contribution in [1.29, 1.82) is 0 Å². The average molecular weight is 302 g/mol. The van der Waals surface area contributed by atoms with E-state index < -0.39 is 5.54 Å². The summed E-state index contributed by atoms with van der Waals surface area (Å²) in [4.78, 5) is 5.06. The Balaban J connectivity index is 2.14. The van der Waals surface area contributed by atoms with Crippen molar-refractivity contribution in [3.05, 3.63) is 22.3 Å². The van der Waals surface area contributed by atoms with Crippen LogP contribution in [0, 0.1) is 0 Å². The van der Waals surface area contributed by atoms with Crippen LogP contribution >= 0.6 is 22.9 Å². The van der Waals surface area contributed by atoms with Gasteiger partial charge in [-0.25, -0.2) is 0 Å². The molecule has 2 N–H and O–H groups in total. The molecule has 19 heavy (non-hydrogen) atoms. The van der Waals surface area contributed by atoms with Crippen molar-refractivity contribution in [2.24, 2.45) is 5.73 Å². The maximum absolute atomic E-state index is 6.14. The highest BCUT2D eigenvalue weighted by Crippen LogP contribution is 2.32. The molecule has 5 nitrogen and oxygen atoms in total. The van der Waals surface area contributed by atoms with Gasteiger partial charge in [-0.15, -0.1) is 11.3 Å². The fraction of sp³-hybridized carbons (Fsp3) is 0.500. The fourth-order valence-electron chi connectivity index (χ4n) is 1.49. The summed E-state index contributed by atoms with van der Waals surface area (Å²) in [6.45, 7) is 4.86. The molecule has 0 saturated carbocycles. The van der Waals surface area contributed by atoms with Crippen LogP contribution in [0.5, 0.6) is 0 Å². The van der Waals surface area contributed by atoms with E-state index in [0.29, 0.717) is 30.0 Å². The lowest BCUT2D eigenvalue weighted by atomic mass is 10.1. The molecule has 0 radical (unpaired) electrons. The molecule has 0 bridgehead atoms. The molecule has 2 aromatic heterocycles. The van der Waals surface area contributed by atoms with Crippen molar-refractivity contribution in [3.63, 3.8) is 0 Å². The Kier molecular flexibility index (Phi) is 4.57. The zero-order valence-electron chi connectivity index (χ0n) is 10.9. The van der Waals surface area contributed by atoms with Gasteiger partial charge < -0.3 is 15.0 Å². The van der Waals surface area contributed by atoms with Crippen LogP contribution in [-0.2, 0) is 10.3 Å². The second-order valence-electron chi connectivity index (χ2n) is 4.49. The van der Waals surface area contributed by atoms with Gasteiger partial charge in [-0.1, -0.05) is 23.7 Å². The molecular weight excluding hydrogens is 286 g/mol. The zero-order chi connectivity index (χ0) is 13.9. The van der Waals surface area contributed by atoms with E-state index in [0.717, 1.165) is 11.3 Å². The van der Waals surface area contributed by atoms with Crippen molar-refractivity contribution in [1.82, 2.24) is 10.1 Å². The van der Waals surface area contributed by atoms with Crippen molar-refractivity contribution in [3.8, 4) is 10.8 Å². The van der Waals surface area contributed by atoms with E-state index in [1.165, 1.54) is 11.3 Å². The SMILES string of the molecule is CCCOCC(C)(N)c1noc(-c2sccc2Cl)n1. The van der Waals surface area contributed by atoms with Gasteiger partial charge >= 0.3 is 0 Å². The van der Waals surface area contributed by atoms with Crippen molar-refractivity contribution < 1.29 is 9.26 Å². The third kappa shape index (κ3) is 3.33. The minimum Gasteiger partial charge on any atom is -0.379 e. The highest BCUT2D eigenvalue weighted by atomic mass is 35.5. The third-order valence-corrected chi connectivity index (χ3v) is 3.83. The molecular formula is C12H16ClN3O2S. The predicted octanol–water partition coefficient (Wildman–Crippen LogP) is 3.05. The molecule has 0 spiro atoms. The molecule has 0 aliphatic rings. The van der Waals surface area contributed by atoms with Gasteiger partial charge in [-0.05, 0) is 24.8 Å². The molecule has 0 aromatic carbocycles. The summed E-state index contributed by atoms with van der Waals surface area (Å²) >= 11 is 7.47. The van der Waals surface area contributed by atoms with Gasteiger partial charge in [0, 0.05) is 6.61 Å². The zero-order valence-corrected chi connectivity index (χ0v) is 12.4. The summed E-state index contributed by atoms with van der Waals surface area (Å²) in [5.41, 5.74) is 5.37. The summed E-state index contributed by atoms with van der Waals surface area (Å²) in [7, 11) is 0. The number of hydrogen-bond donors (Lipinski definition) is 1. The van der Waals surface area contributed by atoms with Crippen LogP contribution in [0.15, 0.2) is 16.0 Å². The van der Waals surface area contributed by atoms with E-state index in [1.54, 1.807) is 6.07 Å². The summed E-state index contributed by atoms with van der Waals surface area (Å²) < 4.78 is 10.7. The molecule has 2 aromatic rings. The molecule has 0 fully saturated rings. The Morgan fingerprint density at radius 3 is 3.00 bits per heavy atom. The van der Waals surface area contributed by atoms with Gasteiger partial charge in [-0.3, -0.25) is 0 Å². The lowest BCUT2D eigenvalue weighted by molar-refractivity contribution is 0.0867. The number of nitrogens with two attached hydrogens (primary N) is 1. The number of nitrogens with zero attached hydrogens (tertiary/aromatic N) is 2. The Morgan fingerprint density at radius 2 is 2.37 bits per heavy atom. The van der Waals surface area contributed by atoms with Gasteiger partial charge in [0.1, 0.15) is 10.4 Å². The Bertz CT molecular complexity index is 539. The van der Waals surface area contributed by atoms with Gasteiger partial charge in [0.05, 0.1) is 11.6 Å². The quantitative estimate of drug-likeness (QED) is 0.830. The molecule has 0 saturated heterocycles. The molecule has 1 atom stereocenters. The van der Waals surface area contributed by atoms with Crippen LogP contribution in [0.3, 0.4) is 0 Å². The van der Waals surface area contributed by atoms with Crippen LogP contribution in [0.2, 0.25) is 5.02 Å². The van der Waals surface area contributed by atoms with E-state index in [4.69, 9.17) is 26.6 Å². The molecule has 0 aliphatic heterocycles. The Morgan fingerprint density at radius 1 is 1.58 bits per heavy atom. The smallest absolute Gasteiger partial charge is 0.269 e. The minimum atomic E-state index is -0.777. The van der Waals surface area contributed by atoms with Crippen LogP contribution < -0.4 is 5.73 Å². The number of rotatable bonds is 6. The molecule has 0 amide bonds. The topological polar surface area (TPSA) is 74.2 Å². The monoisotopic (exact) mass is 301 g/mol. The summed E-state index contributed by atoms with van der Waals surface area (Å²) in [5.74, 6) is 0.810. The predicted molar refractivity (Wildman–Crippen MR) is 75.3 cm³/mol. The summed E-state index contributed by atoms with van der Waals surface area (Å²) in [6, 6.07) is 1.79. The van der Waals surface area contributed by atoms with Crippen LogP contribution in [0.25, 0.3) is 10.8 Å². The third-order valence-electron chi connectivity index (χ3n) is 2.50. The van der Waals surface area contributed by atoms with Gasteiger partial charge in [0.15, 0.2) is 5.82 Å². The maximum Gasteiger partial charge on any atom is 0.269 e. The Labute approximate surface area is 120 Å². The van der Waals surface area contributed by atoms with Crippen LogP contribution in [-0.4, -0.2) is 23.4 Å².